The summed E-state index contributed by atoms with van der Waals surface area (Å²) in [5.74, 6) is 0. The summed E-state index contributed by atoms with van der Waals surface area (Å²) in [6.07, 6.45) is 6.97. The van der Waals surface area contributed by atoms with Gasteiger partial charge < -0.3 is 14.5 Å². The van der Waals surface area contributed by atoms with Crippen LogP contribution in [0.5, 0.6) is 0 Å². The summed E-state index contributed by atoms with van der Waals surface area (Å²) in [5.41, 5.74) is 1.66. The minimum atomic E-state index is 0.358. The zero-order valence-corrected chi connectivity index (χ0v) is 9.29. The smallest absolute Gasteiger partial charge is 0.0934 e. The lowest BCUT2D eigenvalue weighted by molar-refractivity contribution is 0.0157. The third-order valence-corrected chi connectivity index (χ3v) is 3.26. The predicted molar refractivity (Wildman–Crippen MR) is 58.8 cm³/mol. The summed E-state index contributed by atoms with van der Waals surface area (Å²) >= 11 is 0. The van der Waals surface area contributed by atoms with Gasteiger partial charge in [-0.05, 0) is 43.4 Å². The van der Waals surface area contributed by atoms with Crippen molar-refractivity contribution >= 4 is 0 Å². The van der Waals surface area contributed by atoms with E-state index in [1.54, 1.807) is 6.26 Å². The molecule has 3 nitrogen and oxygen atoms in total. The zero-order chi connectivity index (χ0) is 10.6. The van der Waals surface area contributed by atoms with E-state index in [0.29, 0.717) is 5.41 Å². The van der Waals surface area contributed by atoms with Crippen molar-refractivity contribution in [2.45, 2.75) is 19.3 Å². The van der Waals surface area contributed by atoms with Crippen LogP contribution in [0.4, 0.5) is 0 Å². The first kappa shape index (κ1) is 10.7. The molecule has 1 saturated heterocycles. The minimum Gasteiger partial charge on any atom is -0.472 e. The van der Waals surface area contributed by atoms with E-state index in [1.807, 2.05) is 13.3 Å². The van der Waals surface area contributed by atoms with Crippen LogP contribution in [0.25, 0.3) is 0 Å². The van der Waals surface area contributed by atoms with E-state index in [9.17, 15) is 0 Å². The van der Waals surface area contributed by atoms with Crippen molar-refractivity contribution in [3.05, 3.63) is 24.2 Å². The second-order valence-corrected chi connectivity index (χ2v) is 4.45. The van der Waals surface area contributed by atoms with Gasteiger partial charge in [0, 0.05) is 19.8 Å². The lowest BCUT2D eigenvalue weighted by Crippen LogP contribution is -2.39. The molecule has 1 fully saturated rings. The minimum absolute atomic E-state index is 0.358. The van der Waals surface area contributed by atoms with E-state index >= 15 is 0 Å². The highest BCUT2D eigenvalue weighted by Gasteiger charge is 2.32. The Morgan fingerprint density at radius 1 is 1.40 bits per heavy atom. The Balaban J connectivity index is 2.04. The van der Waals surface area contributed by atoms with E-state index in [2.05, 4.69) is 11.4 Å². The molecule has 2 heterocycles. The van der Waals surface area contributed by atoms with Gasteiger partial charge in [-0.15, -0.1) is 0 Å². The van der Waals surface area contributed by atoms with Gasteiger partial charge in [0.15, 0.2) is 0 Å². The quantitative estimate of drug-likeness (QED) is 0.821. The first-order valence-corrected chi connectivity index (χ1v) is 5.58. The Bertz CT molecular complexity index is 270. The van der Waals surface area contributed by atoms with E-state index < -0.39 is 0 Å². The molecule has 0 saturated carbocycles. The average molecular weight is 209 g/mol. The average Bonchev–Trinajstić information content (AvgIpc) is 2.72. The molecule has 0 amide bonds. The molecule has 84 valence electrons. The van der Waals surface area contributed by atoms with Crippen molar-refractivity contribution in [1.82, 2.24) is 5.32 Å². The van der Waals surface area contributed by atoms with Crippen molar-refractivity contribution in [3.8, 4) is 0 Å². The molecule has 1 aliphatic heterocycles. The SMILES string of the molecule is CNCC1(Cc2ccoc2)CCOCC1. The van der Waals surface area contributed by atoms with Crippen LogP contribution in [0.3, 0.4) is 0 Å². The Kier molecular flexibility index (Phi) is 3.44. The van der Waals surface area contributed by atoms with Gasteiger partial charge in [0.05, 0.1) is 12.5 Å². The molecular formula is C12H19NO2. The highest BCUT2D eigenvalue weighted by molar-refractivity contribution is 5.09. The fourth-order valence-electron chi connectivity index (χ4n) is 2.42. The lowest BCUT2D eigenvalue weighted by Gasteiger charge is -2.37. The van der Waals surface area contributed by atoms with Gasteiger partial charge >= 0.3 is 0 Å². The maximum absolute atomic E-state index is 5.44. The molecule has 1 aromatic heterocycles. The van der Waals surface area contributed by atoms with Gasteiger partial charge in [-0.2, -0.15) is 0 Å². The van der Waals surface area contributed by atoms with Crippen molar-refractivity contribution in [3.63, 3.8) is 0 Å². The third kappa shape index (κ3) is 2.61. The summed E-state index contributed by atoms with van der Waals surface area (Å²) in [7, 11) is 2.02. The molecule has 0 bridgehead atoms. The molecule has 2 rings (SSSR count). The lowest BCUT2D eigenvalue weighted by atomic mass is 9.75. The normalized spacial score (nSPS) is 20.3. The number of ether oxygens (including phenoxy) is 1. The molecule has 1 aliphatic rings. The van der Waals surface area contributed by atoms with Gasteiger partial charge in [0.2, 0.25) is 0 Å². The van der Waals surface area contributed by atoms with Crippen LogP contribution in [0.2, 0.25) is 0 Å². The molecule has 0 atom stereocenters. The molecule has 1 N–H and O–H groups in total. The molecule has 0 unspecified atom stereocenters. The van der Waals surface area contributed by atoms with Gasteiger partial charge in [0.25, 0.3) is 0 Å². The molecule has 1 aromatic rings. The van der Waals surface area contributed by atoms with E-state index in [-0.39, 0.29) is 0 Å². The predicted octanol–water partition coefficient (Wildman–Crippen LogP) is 1.84. The van der Waals surface area contributed by atoms with Gasteiger partial charge in [-0.25, -0.2) is 0 Å². The highest BCUT2D eigenvalue weighted by Crippen LogP contribution is 2.33. The van der Waals surface area contributed by atoms with Crippen molar-refractivity contribution in [2.24, 2.45) is 5.41 Å². The van der Waals surface area contributed by atoms with E-state index in [0.717, 1.165) is 39.0 Å². The number of furan rings is 1. The van der Waals surface area contributed by atoms with Crippen molar-refractivity contribution < 1.29 is 9.15 Å². The largest absolute Gasteiger partial charge is 0.472 e. The van der Waals surface area contributed by atoms with Crippen LogP contribution in [0.15, 0.2) is 23.0 Å². The summed E-state index contributed by atoms with van der Waals surface area (Å²) in [6.45, 7) is 2.83. The van der Waals surface area contributed by atoms with Crippen LogP contribution < -0.4 is 5.32 Å². The third-order valence-electron chi connectivity index (χ3n) is 3.26. The fourth-order valence-corrected chi connectivity index (χ4v) is 2.42. The fraction of sp³-hybridized carbons (Fsp3) is 0.667. The summed E-state index contributed by atoms with van der Waals surface area (Å²) < 4.78 is 10.6. The maximum atomic E-state index is 5.44. The van der Waals surface area contributed by atoms with Crippen molar-refractivity contribution in [1.29, 1.82) is 0 Å². The van der Waals surface area contributed by atoms with Gasteiger partial charge in [-0.3, -0.25) is 0 Å². The standard InChI is InChI=1S/C12H19NO2/c1-13-10-12(3-6-14-7-4-12)8-11-2-5-15-9-11/h2,5,9,13H,3-4,6-8,10H2,1H3. The molecule has 15 heavy (non-hydrogen) atoms. The van der Waals surface area contributed by atoms with Crippen LogP contribution >= 0.6 is 0 Å². The van der Waals surface area contributed by atoms with Crippen LogP contribution in [0, 0.1) is 5.41 Å². The first-order valence-electron chi connectivity index (χ1n) is 5.58. The molecular weight excluding hydrogens is 190 g/mol. The monoisotopic (exact) mass is 209 g/mol. The zero-order valence-electron chi connectivity index (χ0n) is 9.29. The molecule has 0 radical (unpaired) electrons. The van der Waals surface area contributed by atoms with Crippen LogP contribution in [-0.4, -0.2) is 26.8 Å². The Hall–Kier alpha value is -0.800. The van der Waals surface area contributed by atoms with E-state index in [4.69, 9.17) is 9.15 Å². The molecule has 3 heteroatoms. The number of hydrogen-bond donors (Lipinski definition) is 1. The number of rotatable bonds is 4. The Morgan fingerprint density at radius 3 is 2.80 bits per heavy atom. The van der Waals surface area contributed by atoms with Crippen LogP contribution in [-0.2, 0) is 11.2 Å². The molecule has 0 aliphatic carbocycles. The highest BCUT2D eigenvalue weighted by atomic mass is 16.5. The second-order valence-electron chi connectivity index (χ2n) is 4.45. The van der Waals surface area contributed by atoms with Crippen molar-refractivity contribution in [2.75, 3.05) is 26.8 Å². The Labute approximate surface area is 90.8 Å². The maximum Gasteiger partial charge on any atom is 0.0934 e. The number of nitrogens with one attached hydrogen (secondary N) is 1. The van der Waals surface area contributed by atoms with Gasteiger partial charge in [0.1, 0.15) is 0 Å². The summed E-state index contributed by atoms with van der Waals surface area (Å²) in [4.78, 5) is 0. The second kappa shape index (κ2) is 4.81. The molecule has 0 spiro atoms. The van der Waals surface area contributed by atoms with Crippen LogP contribution in [0.1, 0.15) is 18.4 Å². The summed E-state index contributed by atoms with van der Waals surface area (Å²) in [6, 6.07) is 2.06. The Morgan fingerprint density at radius 2 is 2.20 bits per heavy atom. The topological polar surface area (TPSA) is 34.4 Å². The number of hydrogen-bond acceptors (Lipinski definition) is 3. The summed E-state index contributed by atoms with van der Waals surface area (Å²) in [5, 5.41) is 3.30. The first-order chi connectivity index (χ1) is 7.35. The van der Waals surface area contributed by atoms with Gasteiger partial charge in [-0.1, -0.05) is 0 Å². The molecule has 0 aromatic carbocycles. The van der Waals surface area contributed by atoms with E-state index in [1.165, 1.54) is 5.56 Å².